The number of ether oxygens (including phenoxy) is 1. The zero-order valence-corrected chi connectivity index (χ0v) is 16.9. The fourth-order valence-corrected chi connectivity index (χ4v) is 4.48. The van der Waals surface area contributed by atoms with Crippen molar-refractivity contribution in [2.75, 3.05) is 11.5 Å². The second-order valence-electron chi connectivity index (χ2n) is 6.59. The summed E-state index contributed by atoms with van der Waals surface area (Å²) in [5, 5.41) is 2.09. The van der Waals surface area contributed by atoms with Crippen LogP contribution in [0.3, 0.4) is 0 Å². The van der Waals surface area contributed by atoms with Crippen molar-refractivity contribution in [1.29, 1.82) is 0 Å². The van der Waals surface area contributed by atoms with Crippen LogP contribution in [0.5, 0.6) is 0 Å². The van der Waals surface area contributed by atoms with Crippen LogP contribution in [0.1, 0.15) is 50.5 Å². The Balaban J connectivity index is 1.84. The summed E-state index contributed by atoms with van der Waals surface area (Å²) in [7, 11) is 0. The minimum atomic E-state index is -0.546. The Kier molecular flexibility index (Phi) is 5.03. The molecule has 0 radical (unpaired) electrons. The lowest BCUT2D eigenvalue weighted by Gasteiger charge is -2.15. The SMILES string of the molecule is CCOC(=O)c1c(-c2ccc(CC)cc2)csc1N1C(=O)c2ccccc2C1=O. The minimum absolute atomic E-state index is 0.199. The maximum absolute atomic E-state index is 12.9. The van der Waals surface area contributed by atoms with Crippen LogP contribution in [0.25, 0.3) is 11.1 Å². The van der Waals surface area contributed by atoms with Crippen LogP contribution >= 0.6 is 11.3 Å². The van der Waals surface area contributed by atoms with E-state index in [2.05, 4.69) is 6.92 Å². The summed E-state index contributed by atoms with van der Waals surface area (Å²) < 4.78 is 5.26. The third-order valence-corrected chi connectivity index (χ3v) is 5.89. The first-order chi connectivity index (χ1) is 14.1. The highest BCUT2D eigenvalue weighted by atomic mass is 32.1. The second-order valence-corrected chi connectivity index (χ2v) is 7.45. The predicted octanol–water partition coefficient (Wildman–Crippen LogP) is 4.95. The number of nitrogens with zero attached hydrogens (tertiary/aromatic N) is 1. The van der Waals surface area contributed by atoms with Gasteiger partial charge < -0.3 is 4.74 Å². The van der Waals surface area contributed by atoms with E-state index in [-0.39, 0.29) is 12.2 Å². The Morgan fingerprint density at radius 2 is 1.55 bits per heavy atom. The van der Waals surface area contributed by atoms with Crippen LogP contribution in [0.2, 0.25) is 0 Å². The summed E-state index contributed by atoms with van der Waals surface area (Å²) in [6.07, 6.45) is 0.912. The highest BCUT2D eigenvalue weighted by Gasteiger charge is 2.40. The molecule has 2 heterocycles. The average Bonchev–Trinajstić information content (AvgIpc) is 3.28. The van der Waals surface area contributed by atoms with Crippen LogP contribution < -0.4 is 4.90 Å². The van der Waals surface area contributed by atoms with Crippen LogP contribution in [0.4, 0.5) is 5.00 Å². The number of esters is 1. The summed E-state index contributed by atoms with van der Waals surface area (Å²) in [5.74, 6) is -1.40. The van der Waals surface area contributed by atoms with E-state index in [1.165, 1.54) is 16.9 Å². The van der Waals surface area contributed by atoms with E-state index in [9.17, 15) is 14.4 Å². The molecule has 1 aromatic heterocycles. The first kappa shape index (κ1) is 19.1. The Hall–Kier alpha value is -3.25. The molecule has 29 heavy (non-hydrogen) atoms. The Labute approximate surface area is 172 Å². The van der Waals surface area contributed by atoms with Gasteiger partial charge in [0.1, 0.15) is 10.6 Å². The monoisotopic (exact) mass is 405 g/mol. The first-order valence-corrected chi connectivity index (χ1v) is 10.3. The Morgan fingerprint density at radius 1 is 0.931 bits per heavy atom. The Bertz CT molecular complexity index is 1080. The van der Waals surface area contributed by atoms with Crippen molar-refractivity contribution < 1.29 is 19.1 Å². The van der Waals surface area contributed by atoms with Crippen molar-refractivity contribution in [2.24, 2.45) is 0 Å². The number of aryl methyl sites for hydroxylation is 1. The summed E-state index contributed by atoms with van der Waals surface area (Å²) in [6.45, 7) is 4.00. The summed E-state index contributed by atoms with van der Waals surface area (Å²) in [4.78, 5) is 39.8. The van der Waals surface area contributed by atoms with Crippen molar-refractivity contribution in [3.05, 3.63) is 76.2 Å². The van der Waals surface area contributed by atoms with Crippen LogP contribution in [0, 0.1) is 0 Å². The van der Waals surface area contributed by atoms with Gasteiger partial charge in [-0.3, -0.25) is 9.59 Å². The smallest absolute Gasteiger partial charge is 0.341 e. The number of rotatable bonds is 5. The maximum Gasteiger partial charge on any atom is 0.341 e. The summed E-state index contributed by atoms with van der Waals surface area (Å²) in [6, 6.07) is 14.6. The van der Waals surface area contributed by atoms with Gasteiger partial charge in [-0.05, 0) is 36.6 Å². The predicted molar refractivity (Wildman–Crippen MR) is 113 cm³/mol. The topological polar surface area (TPSA) is 63.7 Å². The molecule has 0 atom stereocenters. The lowest BCUT2D eigenvalue weighted by atomic mass is 10.0. The molecule has 0 saturated heterocycles. The average molecular weight is 405 g/mol. The van der Waals surface area contributed by atoms with Crippen LogP contribution in [0.15, 0.2) is 53.9 Å². The molecule has 6 heteroatoms. The number of anilines is 1. The lowest BCUT2D eigenvalue weighted by molar-refractivity contribution is 0.0529. The largest absolute Gasteiger partial charge is 0.462 e. The minimum Gasteiger partial charge on any atom is -0.462 e. The van der Waals surface area contributed by atoms with E-state index >= 15 is 0 Å². The number of imide groups is 1. The van der Waals surface area contributed by atoms with E-state index in [1.807, 2.05) is 24.3 Å². The molecule has 0 bridgehead atoms. The molecule has 2 aromatic carbocycles. The van der Waals surface area contributed by atoms with Crippen molar-refractivity contribution in [1.82, 2.24) is 0 Å². The maximum atomic E-state index is 12.9. The molecule has 0 aliphatic carbocycles. The molecule has 5 nitrogen and oxygen atoms in total. The molecule has 0 unspecified atom stereocenters. The van der Waals surface area contributed by atoms with Crippen molar-refractivity contribution in [3.63, 3.8) is 0 Å². The van der Waals surface area contributed by atoms with E-state index in [0.717, 1.165) is 16.9 Å². The van der Waals surface area contributed by atoms with Crippen molar-refractivity contribution in [3.8, 4) is 11.1 Å². The zero-order valence-electron chi connectivity index (χ0n) is 16.1. The molecular formula is C23H19NO4S. The van der Waals surface area contributed by atoms with E-state index < -0.39 is 17.8 Å². The second kappa shape index (κ2) is 7.64. The molecule has 0 fully saturated rings. The zero-order chi connectivity index (χ0) is 20.5. The van der Waals surface area contributed by atoms with E-state index in [4.69, 9.17) is 4.74 Å². The molecule has 4 rings (SSSR count). The van der Waals surface area contributed by atoms with Crippen LogP contribution in [-0.2, 0) is 11.2 Å². The quantitative estimate of drug-likeness (QED) is 0.445. The van der Waals surface area contributed by atoms with Crippen LogP contribution in [-0.4, -0.2) is 24.4 Å². The van der Waals surface area contributed by atoms with Gasteiger partial charge in [0.15, 0.2) is 0 Å². The van der Waals surface area contributed by atoms with Gasteiger partial charge in [-0.25, -0.2) is 9.69 Å². The van der Waals surface area contributed by atoms with Crippen molar-refractivity contribution in [2.45, 2.75) is 20.3 Å². The number of amides is 2. The molecule has 146 valence electrons. The molecule has 0 spiro atoms. The van der Waals surface area contributed by atoms with Gasteiger partial charge in [0.25, 0.3) is 11.8 Å². The van der Waals surface area contributed by atoms with E-state index in [1.54, 1.807) is 36.6 Å². The third-order valence-electron chi connectivity index (χ3n) is 4.92. The van der Waals surface area contributed by atoms with Crippen molar-refractivity contribution >= 4 is 34.1 Å². The van der Waals surface area contributed by atoms with Gasteiger partial charge >= 0.3 is 5.97 Å². The van der Waals surface area contributed by atoms with Gasteiger partial charge in [0.05, 0.1) is 17.7 Å². The fourth-order valence-electron chi connectivity index (χ4n) is 3.42. The molecule has 2 amide bonds. The fraction of sp³-hybridized carbons (Fsp3) is 0.174. The standard InChI is InChI=1S/C23H19NO4S/c1-3-14-9-11-15(12-10-14)18-13-29-22(19(18)23(27)28-4-2)24-20(25)16-7-5-6-8-17(16)21(24)26/h5-13H,3-4H2,1-2H3. The Morgan fingerprint density at radius 3 is 2.10 bits per heavy atom. The van der Waals surface area contributed by atoms with Gasteiger partial charge in [-0.2, -0.15) is 0 Å². The summed E-state index contributed by atoms with van der Waals surface area (Å²) >= 11 is 1.19. The normalized spacial score (nSPS) is 13.0. The highest BCUT2D eigenvalue weighted by molar-refractivity contribution is 7.15. The van der Waals surface area contributed by atoms with Gasteiger partial charge in [0, 0.05) is 10.9 Å². The number of fused-ring (bicyclic) bond motifs is 1. The number of hydrogen-bond donors (Lipinski definition) is 0. The number of benzene rings is 2. The molecule has 0 N–H and O–H groups in total. The lowest BCUT2D eigenvalue weighted by Crippen LogP contribution is -2.30. The molecule has 1 aliphatic heterocycles. The summed E-state index contributed by atoms with van der Waals surface area (Å²) in [5.41, 5.74) is 3.61. The molecule has 0 saturated carbocycles. The molecular weight excluding hydrogens is 386 g/mol. The third kappa shape index (κ3) is 3.15. The number of carbonyl (C=O) groups excluding carboxylic acids is 3. The van der Waals surface area contributed by atoms with Gasteiger partial charge in [0.2, 0.25) is 0 Å². The number of thiophene rings is 1. The first-order valence-electron chi connectivity index (χ1n) is 9.42. The highest BCUT2D eigenvalue weighted by Crippen LogP contribution is 2.41. The van der Waals surface area contributed by atoms with E-state index in [0.29, 0.717) is 21.7 Å². The molecule has 1 aliphatic rings. The van der Waals surface area contributed by atoms with Gasteiger partial charge in [-0.15, -0.1) is 11.3 Å². The number of carbonyl (C=O) groups is 3. The molecule has 3 aromatic rings. The number of hydrogen-bond acceptors (Lipinski definition) is 5. The van der Waals surface area contributed by atoms with Gasteiger partial charge in [-0.1, -0.05) is 43.3 Å².